The van der Waals surface area contributed by atoms with E-state index in [1.54, 1.807) is 18.2 Å². The van der Waals surface area contributed by atoms with E-state index in [1.807, 2.05) is 12.1 Å². The summed E-state index contributed by atoms with van der Waals surface area (Å²) in [6, 6.07) is 9.22. The first-order valence-corrected chi connectivity index (χ1v) is 8.24. The molecule has 1 aromatic heterocycles. The minimum Gasteiger partial charge on any atom is -0.367 e. The fourth-order valence-electron chi connectivity index (χ4n) is 2.77. The Morgan fingerprint density at radius 1 is 1.13 bits per heavy atom. The maximum atomic E-state index is 12.3. The van der Waals surface area contributed by atoms with Crippen molar-refractivity contribution in [3.63, 3.8) is 0 Å². The molecule has 2 N–H and O–H groups in total. The molecule has 0 spiro atoms. The van der Waals surface area contributed by atoms with Gasteiger partial charge in [-0.1, -0.05) is 43.0 Å². The number of carbonyl (C=O) groups is 1. The molecule has 3 rings (SSSR count). The highest BCUT2D eigenvalue weighted by Crippen LogP contribution is 2.22. The van der Waals surface area contributed by atoms with Crippen LogP contribution in [0.15, 0.2) is 36.7 Å². The van der Waals surface area contributed by atoms with Gasteiger partial charge in [-0.05, 0) is 25.0 Å². The second-order valence-corrected chi connectivity index (χ2v) is 6.11. The van der Waals surface area contributed by atoms with E-state index in [0.717, 1.165) is 12.8 Å². The van der Waals surface area contributed by atoms with Gasteiger partial charge in [0.05, 0.1) is 10.7 Å². The maximum Gasteiger partial charge on any atom is 0.274 e. The van der Waals surface area contributed by atoms with Gasteiger partial charge >= 0.3 is 0 Å². The molecule has 0 atom stereocenters. The Kier molecular flexibility index (Phi) is 5.08. The third-order valence-electron chi connectivity index (χ3n) is 3.98. The van der Waals surface area contributed by atoms with E-state index in [1.165, 1.54) is 25.6 Å². The van der Waals surface area contributed by atoms with E-state index in [4.69, 9.17) is 11.6 Å². The molecule has 2 aromatic rings. The highest BCUT2D eigenvalue weighted by molar-refractivity contribution is 6.33. The summed E-state index contributed by atoms with van der Waals surface area (Å²) in [6.07, 6.45) is 7.47. The smallest absolute Gasteiger partial charge is 0.274 e. The van der Waals surface area contributed by atoms with E-state index in [-0.39, 0.29) is 5.91 Å². The Hall–Kier alpha value is -2.14. The summed E-state index contributed by atoms with van der Waals surface area (Å²) in [4.78, 5) is 20.6. The Labute approximate surface area is 140 Å². The van der Waals surface area contributed by atoms with Crippen LogP contribution in [0.3, 0.4) is 0 Å². The van der Waals surface area contributed by atoms with Crippen molar-refractivity contribution in [3.05, 3.63) is 47.4 Å². The van der Waals surface area contributed by atoms with E-state index >= 15 is 0 Å². The average Bonchev–Trinajstić information content (AvgIpc) is 2.58. The number of halogens is 1. The van der Waals surface area contributed by atoms with Gasteiger partial charge < -0.3 is 10.6 Å². The number of para-hydroxylation sites is 1. The molecule has 0 radical (unpaired) electrons. The molecular weight excluding hydrogens is 312 g/mol. The minimum absolute atomic E-state index is 0.299. The first kappa shape index (κ1) is 15.7. The number of nitrogens with one attached hydrogen (secondary N) is 2. The number of hydrogen-bond donors (Lipinski definition) is 2. The Morgan fingerprint density at radius 3 is 2.70 bits per heavy atom. The zero-order valence-corrected chi connectivity index (χ0v) is 13.5. The molecule has 120 valence electrons. The SMILES string of the molecule is O=C(Nc1ccccc1Cl)c1cc(NC2CCCCC2)ncn1. The molecule has 23 heavy (non-hydrogen) atoms. The molecule has 0 aliphatic heterocycles. The van der Waals surface area contributed by atoms with Crippen LogP contribution >= 0.6 is 11.6 Å². The molecule has 1 aliphatic carbocycles. The summed E-state index contributed by atoms with van der Waals surface area (Å²) in [5.41, 5.74) is 0.887. The topological polar surface area (TPSA) is 66.9 Å². The van der Waals surface area contributed by atoms with Gasteiger partial charge in [0.25, 0.3) is 5.91 Å². The molecule has 0 saturated heterocycles. The number of hydrogen-bond acceptors (Lipinski definition) is 4. The lowest BCUT2D eigenvalue weighted by Gasteiger charge is -2.23. The summed E-state index contributed by atoms with van der Waals surface area (Å²) in [5.74, 6) is 0.392. The molecule has 1 aromatic carbocycles. The zero-order chi connectivity index (χ0) is 16.1. The highest BCUT2D eigenvalue weighted by atomic mass is 35.5. The van der Waals surface area contributed by atoms with E-state index in [9.17, 15) is 4.79 Å². The molecule has 1 heterocycles. The molecular formula is C17H19ClN4O. The van der Waals surface area contributed by atoms with Crippen molar-refractivity contribution in [1.29, 1.82) is 0 Å². The minimum atomic E-state index is -0.299. The van der Waals surface area contributed by atoms with Crippen LogP contribution in [0.1, 0.15) is 42.6 Å². The number of benzene rings is 1. The zero-order valence-electron chi connectivity index (χ0n) is 12.8. The number of anilines is 2. The monoisotopic (exact) mass is 330 g/mol. The third kappa shape index (κ3) is 4.20. The lowest BCUT2D eigenvalue weighted by molar-refractivity contribution is 0.102. The Bertz CT molecular complexity index is 686. The fraction of sp³-hybridized carbons (Fsp3) is 0.353. The van der Waals surface area contributed by atoms with Crippen LogP contribution in [-0.4, -0.2) is 21.9 Å². The lowest BCUT2D eigenvalue weighted by atomic mass is 9.95. The van der Waals surface area contributed by atoms with Gasteiger partial charge in [0.2, 0.25) is 0 Å². The quantitative estimate of drug-likeness (QED) is 0.884. The first-order valence-electron chi connectivity index (χ1n) is 7.87. The number of amides is 1. The van der Waals surface area contributed by atoms with Crippen LogP contribution in [0.25, 0.3) is 0 Å². The van der Waals surface area contributed by atoms with Crippen LogP contribution in [0.4, 0.5) is 11.5 Å². The van der Waals surface area contributed by atoms with Gasteiger partial charge in [0.1, 0.15) is 17.8 Å². The Balaban J connectivity index is 1.69. The molecule has 0 bridgehead atoms. The van der Waals surface area contributed by atoms with Crippen molar-refractivity contribution in [2.45, 2.75) is 38.1 Å². The molecule has 0 unspecified atom stereocenters. The second-order valence-electron chi connectivity index (χ2n) is 5.70. The van der Waals surface area contributed by atoms with Crippen LogP contribution in [0, 0.1) is 0 Å². The lowest BCUT2D eigenvalue weighted by Crippen LogP contribution is -2.23. The van der Waals surface area contributed by atoms with E-state index < -0.39 is 0 Å². The van der Waals surface area contributed by atoms with Crippen LogP contribution < -0.4 is 10.6 Å². The van der Waals surface area contributed by atoms with Gasteiger partial charge in [-0.3, -0.25) is 4.79 Å². The van der Waals surface area contributed by atoms with Gasteiger partial charge in [0.15, 0.2) is 0 Å². The number of aromatic nitrogens is 2. The number of rotatable bonds is 4. The summed E-state index contributed by atoms with van der Waals surface area (Å²) < 4.78 is 0. The van der Waals surface area contributed by atoms with Crippen molar-refractivity contribution < 1.29 is 4.79 Å². The molecule has 1 saturated carbocycles. The predicted octanol–water partition coefficient (Wildman–Crippen LogP) is 4.13. The Morgan fingerprint density at radius 2 is 1.91 bits per heavy atom. The molecule has 1 amide bonds. The van der Waals surface area contributed by atoms with Crippen molar-refractivity contribution in [1.82, 2.24) is 9.97 Å². The second kappa shape index (κ2) is 7.42. The number of nitrogens with zero attached hydrogens (tertiary/aromatic N) is 2. The summed E-state index contributed by atoms with van der Waals surface area (Å²) in [7, 11) is 0. The average molecular weight is 331 g/mol. The maximum absolute atomic E-state index is 12.3. The fourth-order valence-corrected chi connectivity index (χ4v) is 2.95. The normalized spacial score (nSPS) is 15.2. The largest absolute Gasteiger partial charge is 0.367 e. The molecule has 5 nitrogen and oxygen atoms in total. The molecule has 6 heteroatoms. The highest BCUT2D eigenvalue weighted by Gasteiger charge is 2.15. The predicted molar refractivity (Wildman–Crippen MR) is 91.9 cm³/mol. The van der Waals surface area contributed by atoms with Crippen LogP contribution in [0.5, 0.6) is 0 Å². The van der Waals surface area contributed by atoms with Gasteiger partial charge in [-0.15, -0.1) is 0 Å². The summed E-state index contributed by atoms with van der Waals surface area (Å²) in [6.45, 7) is 0. The standard InChI is InChI=1S/C17H19ClN4O/c18-13-8-4-5-9-14(13)22-17(23)15-10-16(20-11-19-15)21-12-6-2-1-3-7-12/h4-5,8-12H,1-3,6-7H2,(H,22,23)(H,19,20,21). The van der Waals surface area contributed by atoms with E-state index in [0.29, 0.717) is 28.3 Å². The van der Waals surface area contributed by atoms with E-state index in [2.05, 4.69) is 20.6 Å². The number of carbonyl (C=O) groups excluding carboxylic acids is 1. The van der Waals surface area contributed by atoms with Crippen molar-refractivity contribution in [3.8, 4) is 0 Å². The molecule has 1 aliphatic rings. The van der Waals surface area contributed by atoms with Crippen LogP contribution in [0.2, 0.25) is 5.02 Å². The van der Waals surface area contributed by atoms with Crippen molar-refractivity contribution >= 4 is 29.0 Å². The van der Waals surface area contributed by atoms with Gasteiger partial charge in [-0.2, -0.15) is 0 Å². The summed E-state index contributed by atoms with van der Waals surface area (Å²) in [5, 5.41) is 6.66. The van der Waals surface area contributed by atoms with Crippen molar-refractivity contribution in [2.75, 3.05) is 10.6 Å². The molecule has 1 fully saturated rings. The van der Waals surface area contributed by atoms with Crippen LogP contribution in [-0.2, 0) is 0 Å². The van der Waals surface area contributed by atoms with Gasteiger partial charge in [0, 0.05) is 12.1 Å². The van der Waals surface area contributed by atoms with Gasteiger partial charge in [-0.25, -0.2) is 9.97 Å². The third-order valence-corrected chi connectivity index (χ3v) is 4.31. The van der Waals surface area contributed by atoms with Crippen molar-refractivity contribution in [2.24, 2.45) is 0 Å². The summed E-state index contributed by atoms with van der Waals surface area (Å²) >= 11 is 6.06. The first-order chi connectivity index (χ1) is 11.2.